The quantitative estimate of drug-likeness (QED) is 0.303. The third-order valence-corrected chi connectivity index (χ3v) is 5.91. The van der Waals surface area contributed by atoms with Gasteiger partial charge in [-0.1, -0.05) is 18.2 Å². The van der Waals surface area contributed by atoms with Crippen LogP contribution >= 0.6 is 0 Å². The van der Waals surface area contributed by atoms with E-state index in [2.05, 4.69) is 0 Å². The Labute approximate surface area is 201 Å². The van der Waals surface area contributed by atoms with Gasteiger partial charge in [0.1, 0.15) is 17.4 Å². The van der Waals surface area contributed by atoms with Crippen molar-refractivity contribution in [2.75, 3.05) is 20.8 Å². The van der Waals surface area contributed by atoms with Crippen molar-refractivity contribution in [3.63, 3.8) is 0 Å². The molecule has 6 nitrogen and oxygen atoms in total. The summed E-state index contributed by atoms with van der Waals surface area (Å²) in [5.41, 5.74) is 1.14. The van der Waals surface area contributed by atoms with E-state index in [9.17, 15) is 23.5 Å². The van der Waals surface area contributed by atoms with Crippen molar-refractivity contribution in [1.29, 1.82) is 0 Å². The number of halogens is 2. The number of carbonyl (C=O) groups excluding carboxylic acids is 2. The SMILES string of the molecule is COc1ccc(CCN2C(=O)C(=O)C(=C(O)c3ccc(F)cc3)C2c2cccc(F)c2)cc1OC. The Morgan fingerprint density at radius 3 is 2.29 bits per heavy atom. The number of benzene rings is 3. The maximum Gasteiger partial charge on any atom is 0.295 e. The first kappa shape index (κ1) is 23.9. The fraction of sp³-hybridized carbons (Fsp3) is 0.185. The number of aliphatic hydroxyl groups is 1. The summed E-state index contributed by atoms with van der Waals surface area (Å²) in [5, 5.41) is 11.0. The van der Waals surface area contributed by atoms with Gasteiger partial charge in [0.2, 0.25) is 0 Å². The van der Waals surface area contributed by atoms with E-state index in [0.717, 1.165) is 17.7 Å². The van der Waals surface area contributed by atoms with E-state index in [4.69, 9.17) is 9.47 Å². The molecular weight excluding hydrogens is 456 g/mol. The van der Waals surface area contributed by atoms with E-state index >= 15 is 0 Å². The van der Waals surface area contributed by atoms with Crippen molar-refractivity contribution in [2.45, 2.75) is 12.5 Å². The van der Waals surface area contributed by atoms with Crippen LogP contribution in [0.4, 0.5) is 8.78 Å². The highest BCUT2D eigenvalue weighted by atomic mass is 19.1. The van der Waals surface area contributed by atoms with Crippen molar-refractivity contribution < 1.29 is 33.0 Å². The maximum absolute atomic E-state index is 14.1. The van der Waals surface area contributed by atoms with Crippen LogP contribution in [0.5, 0.6) is 11.5 Å². The summed E-state index contributed by atoms with van der Waals surface area (Å²) in [6.07, 6.45) is 0.357. The minimum atomic E-state index is -1.02. The third kappa shape index (κ3) is 4.73. The molecule has 0 spiro atoms. The minimum absolute atomic E-state index is 0.113. The number of likely N-dealkylation sites (tertiary alicyclic amines) is 1. The van der Waals surface area contributed by atoms with Crippen LogP contribution in [0, 0.1) is 11.6 Å². The van der Waals surface area contributed by atoms with Gasteiger partial charge in [0, 0.05) is 12.1 Å². The van der Waals surface area contributed by atoms with Crippen molar-refractivity contribution in [2.24, 2.45) is 0 Å². The zero-order valence-corrected chi connectivity index (χ0v) is 19.1. The van der Waals surface area contributed by atoms with Crippen LogP contribution in [-0.2, 0) is 16.0 Å². The molecule has 0 aromatic heterocycles. The third-order valence-electron chi connectivity index (χ3n) is 5.91. The molecular formula is C27H23F2NO5. The molecule has 0 bridgehead atoms. The zero-order chi connectivity index (χ0) is 25.1. The van der Waals surface area contributed by atoms with E-state index in [0.29, 0.717) is 23.5 Å². The van der Waals surface area contributed by atoms with Gasteiger partial charge in [-0.2, -0.15) is 0 Å². The molecule has 0 aliphatic carbocycles. The normalized spacial score (nSPS) is 17.0. The summed E-state index contributed by atoms with van der Waals surface area (Å²) < 4.78 is 38.1. The van der Waals surface area contributed by atoms with Crippen molar-refractivity contribution in [1.82, 2.24) is 4.90 Å². The van der Waals surface area contributed by atoms with Crippen LogP contribution < -0.4 is 9.47 Å². The van der Waals surface area contributed by atoms with E-state index in [-0.39, 0.29) is 17.7 Å². The van der Waals surface area contributed by atoms with Gasteiger partial charge in [0.05, 0.1) is 25.8 Å². The van der Waals surface area contributed by atoms with Gasteiger partial charge in [-0.15, -0.1) is 0 Å². The summed E-state index contributed by atoms with van der Waals surface area (Å²) in [7, 11) is 3.04. The lowest BCUT2D eigenvalue weighted by atomic mass is 9.95. The average Bonchev–Trinajstić information content (AvgIpc) is 3.12. The van der Waals surface area contributed by atoms with Gasteiger partial charge in [-0.25, -0.2) is 8.78 Å². The highest BCUT2D eigenvalue weighted by Gasteiger charge is 2.46. The number of carbonyl (C=O) groups is 2. The molecule has 8 heteroatoms. The monoisotopic (exact) mass is 479 g/mol. The number of amides is 1. The van der Waals surface area contributed by atoms with E-state index < -0.39 is 35.1 Å². The second-order valence-corrected chi connectivity index (χ2v) is 7.99. The lowest BCUT2D eigenvalue weighted by Crippen LogP contribution is -2.31. The predicted octanol–water partition coefficient (Wildman–Crippen LogP) is 4.65. The Morgan fingerprint density at radius 2 is 1.63 bits per heavy atom. The van der Waals surface area contributed by atoms with Crippen molar-refractivity contribution >= 4 is 17.4 Å². The molecule has 35 heavy (non-hydrogen) atoms. The number of aliphatic hydroxyl groups excluding tert-OH is 1. The molecule has 3 aromatic rings. The van der Waals surface area contributed by atoms with Crippen molar-refractivity contribution in [3.05, 3.63) is 101 Å². The smallest absolute Gasteiger partial charge is 0.295 e. The largest absolute Gasteiger partial charge is 0.507 e. The van der Waals surface area contributed by atoms with Crippen LogP contribution in [0.3, 0.4) is 0 Å². The first-order chi connectivity index (χ1) is 16.8. The minimum Gasteiger partial charge on any atom is -0.507 e. The number of methoxy groups -OCH3 is 2. The highest BCUT2D eigenvalue weighted by Crippen LogP contribution is 2.40. The molecule has 0 saturated carbocycles. The van der Waals surface area contributed by atoms with Crippen LogP contribution in [0.2, 0.25) is 0 Å². The van der Waals surface area contributed by atoms with Crippen LogP contribution in [0.15, 0.2) is 72.3 Å². The average molecular weight is 479 g/mol. The first-order valence-corrected chi connectivity index (χ1v) is 10.8. The van der Waals surface area contributed by atoms with E-state index in [1.165, 1.54) is 49.5 Å². The predicted molar refractivity (Wildman–Crippen MR) is 125 cm³/mol. The van der Waals surface area contributed by atoms with Gasteiger partial charge < -0.3 is 19.5 Å². The van der Waals surface area contributed by atoms with Gasteiger partial charge in [-0.3, -0.25) is 9.59 Å². The molecule has 1 N–H and O–H groups in total. The molecule has 4 rings (SSSR count). The molecule has 1 atom stereocenters. The standard InChI is InChI=1S/C27H23F2NO5/c1-34-21-11-6-16(14-22(21)35-2)12-13-30-24(18-4-3-5-20(29)15-18)23(26(32)27(30)33)25(31)17-7-9-19(28)10-8-17/h3-11,14-15,24,31H,12-13H2,1-2H3. The number of ether oxygens (including phenoxy) is 2. The Kier molecular flexibility index (Phi) is 6.82. The molecule has 1 saturated heterocycles. The Bertz CT molecular complexity index is 1300. The number of nitrogens with zero attached hydrogens (tertiary/aromatic N) is 1. The van der Waals surface area contributed by atoms with Crippen LogP contribution in [-0.4, -0.2) is 42.5 Å². The number of rotatable bonds is 7. The molecule has 1 aliphatic rings. The lowest BCUT2D eigenvalue weighted by molar-refractivity contribution is -0.139. The summed E-state index contributed by atoms with van der Waals surface area (Å²) in [5.74, 6) is -2.16. The topological polar surface area (TPSA) is 76.1 Å². The molecule has 0 radical (unpaired) electrons. The van der Waals surface area contributed by atoms with E-state index in [1.54, 1.807) is 18.2 Å². The second kappa shape index (κ2) is 9.97. The van der Waals surface area contributed by atoms with E-state index in [1.807, 2.05) is 6.07 Å². The number of ketones is 1. The van der Waals surface area contributed by atoms with Gasteiger partial charge in [-0.05, 0) is 66.1 Å². The molecule has 1 fully saturated rings. The number of hydrogen-bond donors (Lipinski definition) is 1. The molecule has 1 aliphatic heterocycles. The molecule has 1 amide bonds. The van der Waals surface area contributed by atoms with Crippen LogP contribution in [0.1, 0.15) is 22.7 Å². The summed E-state index contributed by atoms with van der Waals surface area (Å²) in [6, 6.07) is 14.7. The Morgan fingerprint density at radius 1 is 0.914 bits per heavy atom. The summed E-state index contributed by atoms with van der Waals surface area (Å²) >= 11 is 0. The lowest BCUT2D eigenvalue weighted by Gasteiger charge is -2.25. The van der Waals surface area contributed by atoms with Gasteiger partial charge in [0.15, 0.2) is 11.5 Å². The Hall–Kier alpha value is -4.20. The second-order valence-electron chi connectivity index (χ2n) is 7.99. The molecule has 180 valence electrons. The first-order valence-electron chi connectivity index (χ1n) is 10.8. The Balaban J connectivity index is 1.74. The number of hydrogen-bond acceptors (Lipinski definition) is 5. The van der Waals surface area contributed by atoms with Crippen molar-refractivity contribution in [3.8, 4) is 11.5 Å². The van der Waals surface area contributed by atoms with Crippen LogP contribution in [0.25, 0.3) is 5.76 Å². The summed E-state index contributed by atoms with van der Waals surface area (Å²) in [6.45, 7) is 0.113. The zero-order valence-electron chi connectivity index (χ0n) is 19.1. The molecule has 1 unspecified atom stereocenters. The van der Waals surface area contributed by atoms with Gasteiger partial charge >= 0.3 is 0 Å². The maximum atomic E-state index is 14.1. The number of Topliss-reactive ketones (excluding diaryl/α,β-unsaturated/α-hetero) is 1. The highest BCUT2D eigenvalue weighted by molar-refractivity contribution is 6.46. The fourth-order valence-corrected chi connectivity index (χ4v) is 4.18. The molecule has 3 aromatic carbocycles. The van der Waals surface area contributed by atoms with Gasteiger partial charge in [0.25, 0.3) is 11.7 Å². The molecule has 1 heterocycles. The fourth-order valence-electron chi connectivity index (χ4n) is 4.18. The summed E-state index contributed by atoms with van der Waals surface area (Å²) in [4.78, 5) is 27.4.